The normalized spacial score (nSPS) is 17.4. The lowest BCUT2D eigenvalue weighted by Gasteiger charge is -2.24. The zero-order valence-corrected chi connectivity index (χ0v) is 18.8. The van der Waals surface area contributed by atoms with Crippen LogP contribution in [0.5, 0.6) is 11.5 Å². The minimum absolute atomic E-state index is 0.117. The number of carbonyl (C=O) groups is 2. The van der Waals surface area contributed by atoms with E-state index in [1.165, 1.54) is 46.7 Å². The lowest BCUT2D eigenvalue weighted by atomic mass is 9.95. The van der Waals surface area contributed by atoms with E-state index < -0.39 is 29.3 Å². The SMILES string of the molecule is CCOc1ccc(C2C(=C(O)c3ccc(F)cc3)C(=O)C(=O)N2c2nccs2)cc1OCC. The predicted molar refractivity (Wildman–Crippen MR) is 122 cm³/mol. The number of hydrogen-bond donors (Lipinski definition) is 1. The minimum Gasteiger partial charge on any atom is -0.507 e. The smallest absolute Gasteiger partial charge is 0.301 e. The van der Waals surface area contributed by atoms with Gasteiger partial charge in [0.2, 0.25) is 0 Å². The summed E-state index contributed by atoms with van der Waals surface area (Å²) in [6, 6.07) is 9.17. The summed E-state index contributed by atoms with van der Waals surface area (Å²) in [7, 11) is 0. The van der Waals surface area contributed by atoms with Gasteiger partial charge in [-0.3, -0.25) is 14.5 Å². The largest absolute Gasteiger partial charge is 0.507 e. The Bertz CT molecular complexity index is 1210. The lowest BCUT2D eigenvalue weighted by Crippen LogP contribution is -2.29. The molecule has 9 heteroatoms. The molecule has 0 radical (unpaired) electrons. The van der Waals surface area contributed by atoms with Crippen molar-refractivity contribution in [3.8, 4) is 11.5 Å². The minimum atomic E-state index is -0.962. The fraction of sp³-hybridized carbons (Fsp3) is 0.208. The van der Waals surface area contributed by atoms with Crippen LogP contribution in [0, 0.1) is 5.82 Å². The Labute approximate surface area is 193 Å². The van der Waals surface area contributed by atoms with E-state index in [1.807, 2.05) is 13.8 Å². The average molecular weight is 469 g/mol. The van der Waals surface area contributed by atoms with Crippen LogP contribution in [0.1, 0.15) is 31.0 Å². The van der Waals surface area contributed by atoms with E-state index in [0.29, 0.717) is 35.4 Å². The predicted octanol–water partition coefficient (Wildman–Crippen LogP) is 4.71. The number of thiazole rings is 1. The van der Waals surface area contributed by atoms with Crippen LogP contribution in [0.3, 0.4) is 0 Å². The Kier molecular flexibility index (Phi) is 6.41. The van der Waals surface area contributed by atoms with Crippen molar-refractivity contribution in [3.63, 3.8) is 0 Å². The van der Waals surface area contributed by atoms with Crippen LogP contribution < -0.4 is 14.4 Å². The molecule has 1 amide bonds. The molecule has 2 aromatic carbocycles. The number of aliphatic hydroxyl groups excluding tert-OH is 1. The van der Waals surface area contributed by atoms with Gasteiger partial charge < -0.3 is 14.6 Å². The number of rotatable bonds is 7. The molecule has 33 heavy (non-hydrogen) atoms. The summed E-state index contributed by atoms with van der Waals surface area (Å²) in [5, 5.41) is 13.0. The molecule has 4 rings (SSSR count). The molecule has 0 saturated carbocycles. The quantitative estimate of drug-likeness (QED) is 0.307. The molecule has 2 heterocycles. The second kappa shape index (κ2) is 9.41. The molecule has 1 aromatic heterocycles. The third-order valence-corrected chi connectivity index (χ3v) is 5.84. The van der Waals surface area contributed by atoms with E-state index >= 15 is 0 Å². The number of aromatic nitrogens is 1. The molecule has 7 nitrogen and oxygen atoms in total. The van der Waals surface area contributed by atoms with Crippen molar-refractivity contribution < 1.29 is 28.6 Å². The molecule has 1 saturated heterocycles. The van der Waals surface area contributed by atoms with Crippen LogP contribution in [0.4, 0.5) is 9.52 Å². The van der Waals surface area contributed by atoms with E-state index in [-0.39, 0.29) is 11.1 Å². The molecular formula is C24H21FN2O5S. The van der Waals surface area contributed by atoms with Gasteiger partial charge in [-0.15, -0.1) is 11.3 Å². The lowest BCUT2D eigenvalue weighted by molar-refractivity contribution is -0.132. The molecule has 0 spiro atoms. The van der Waals surface area contributed by atoms with E-state index in [0.717, 1.165) is 0 Å². The number of aliphatic hydroxyl groups is 1. The third kappa shape index (κ3) is 4.19. The first-order valence-electron chi connectivity index (χ1n) is 10.3. The number of halogens is 1. The second-order valence-corrected chi connectivity index (χ2v) is 7.94. The van der Waals surface area contributed by atoms with Crippen molar-refractivity contribution in [2.24, 2.45) is 0 Å². The van der Waals surface area contributed by atoms with Gasteiger partial charge in [0, 0.05) is 17.1 Å². The fourth-order valence-corrected chi connectivity index (χ4v) is 4.35. The maximum Gasteiger partial charge on any atom is 0.301 e. The Hall–Kier alpha value is -3.72. The van der Waals surface area contributed by atoms with Crippen molar-refractivity contribution in [1.82, 2.24) is 4.98 Å². The topological polar surface area (TPSA) is 89.0 Å². The number of amides is 1. The average Bonchev–Trinajstić information content (AvgIpc) is 3.42. The van der Waals surface area contributed by atoms with Gasteiger partial charge >= 0.3 is 5.91 Å². The van der Waals surface area contributed by atoms with Gasteiger partial charge in [0.1, 0.15) is 11.6 Å². The zero-order chi connectivity index (χ0) is 23.5. The van der Waals surface area contributed by atoms with Crippen LogP contribution in [0.2, 0.25) is 0 Å². The number of nitrogens with zero attached hydrogens (tertiary/aromatic N) is 2. The highest BCUT2D eigenvalue weighted by atomic mass is 32.1. The molecule has 0 bridgehead atoms. The number of ketones is 1. The summed E-state index contributed by atoms with van der Waals surface area (Å²) in [4.78, 5) is 31.6. The van der Waals surface area contributed by atoms with Gasteiger partial charge in [-0.05, 0) is 55.8 Å². The van der Waals surface area contributed by atoms with Crippen molar-refractivity contribution in [2.45, 2.75) is 19.9 Å². The third-order valence-electron chi connectivity index (χ3n) is 5.07. The van der Waals surface area contributed by atoms with Crippen LogP contribution in [-0.4, -0.2) is 35.0 Å². The molecule has 0 aliphatic carbocycles. The maximum absolute atomic E-state index is 13.4. The monoisotopic (exact) mass is 468 g/mol. The van der Waals surface area contributed by atoms with Crippen LogP contribution in [0.15, 0.2) is 59.6 Å². The Morgan fingerprint density at radius 2 is 1.79 bits per heavy atom. The van der Waals surface area contributed by atoms with E-state index in [9.17, 15) is 19.1 Å². The summed E-state index contributed by atoms with van der Waals surface area (Å²) < 4.78 is 24.8. The molecule has 1 fully saturated rings. The molecule has 170 valence electrons. The summed E-state index contributed by atoms with van der Waals surface area (Å²) in [5.74, 6) is -1.59. The first-order valence-corrected chi connectivity index (χ1v) is 11.2. The zero-order valence-electron chi connectivity index (χ0n) is 17.9. The Morgan fingerprint density at radius 1 is 1.09 bits per heavy atom. The number of carbonyl (C=O) groups excluding carboxylic acids is 2. The second-order valence-electron chi connectivity index (χ2n) is 7.06. The number of Topliss-reactive ketones (excluding diaryl/α,β-unsaturated/α-hetero) is 1. The summed E-state index contributed by atoms with van der Waals surface area (Å²) in [6.07, 6.45) is 1.53. The van der Waals surface area contributed by atoms with Crippen molar-refractivity contribution in [3.05, 3.63) is 76.6 Å². The molecule has 1 unspecified atom stereocenters. The molecular weight excluding hydrogens is 447 g/mol. The highest BCUT2D eigenvalue weighted by Crippen LogP contribution is 2.44. The Morgan fingerprint density at radius 3 is 2.42 bits per heavy atom. The van der Waals surface area contributed by atoms with Crippen LogP contribution in [0.25, 0.3) is 5.76 Å². The first kappa shape index (κ1) is 22.5. The fourth-order valence-electron chi connectivity index (χ4n) is 3.68. The number of anilines is 1. The van der Waals surface area contributed by atoms with Crippen LogP contribution >= 0.6 is 11.3 Å². The number of hydrogen-bond acceptors (Lipinski definition) is 7. The summed E-state index contributed by atoms with van der Waals surface area (Å²) in [5.41, 5.74) is 0.628. The van der Waals surface area contributed by atoms with Gasteiger partial charge in [0.15, 0.2) is 16.6 Å². The molecule has 1 aliphatic rings. The first-order chi connectivity index (χ1) is 16.0. The van der Waals surface area contributed by atoms with Crippen molar-refractivity contribution in [2.75, 3.05) is 18.1 Å². The molecule has 1 aliphatic heterocycles. The number of ether oxygens (including phenoxy) is 2. The molecule has 1 atom stereocenters. The van der Waals surface area contributed by atoms with Gasteiger partial charge in [0.05, 0.1) is 24.8 Å². The van der Waals surface area contributed by atoms with Crippen molar-refractivity contribution in [1.29, 1.82) is 0 Å². The van der Waals surface area contributed by atoms with Crippen LogP contribution in [-0.2, 0) is 9.59 Å². The highest BCUT2D eigenvalue weighted by molar-refractivity contribution is 7.14. The summed E-state index contributed by atoms with van der Waals surface area (Å²) in [6.45, 7) is 4.50. The van der Waals surface area contributed by atoms with E-state index in [1.54, 1.807) is 23.6 Å². The van der Waals surface area contributed by atoms with E-state index in [4.69, 9.17) is 9.47 Å². The van der Waals surface area contributed by atoms with Gasteiger partial charge in [-0.25, -0.2) is 9.37 Å². The standard InChI is InChI=1S/C24H21FN2O5S/c1-3-31-17-10-7-15(13-18(17)32-4-2)20-19(21(28)14-5-8-16(25)9-6-14)22(29)23(30)27(20)24-26-11-12-33-24/h5-13,20,28H,3-4H2,1-2H3. The van der Waals surface area contributed by atoms with Gasteiger partial charge in [-0.2, -0.15) is 0 Å². The van der Waals surface area contributed by atoms with Gasteiger partial charge in [-0.1, -0.05) is 6.07 Å². The molecule has 1 N–H and O–H groups in total. The van der Waals surface area contributed by atoms with Crippen molar-refractivity contribution >= 4 is 33.9 Å². The van der Waals surface area contributed by atoms with E-state index in [2.05, 4.69) is 4.98 Å². The van der Waals surface area contributed by atoms with Gasteiger partial charge in [0.25, 0.3) is 5.78 Å². The highest BCUT2D eigenvalue weighted by Gasteiger charge is 2.48. The summed E-state index contributed by atoms with van der Waals surface area (Å²) >= 11 is 1.19. The Balaban J connectivity index is 1.92. The molecule has 3 aromatic rings. The maximum atomic E-state index is 13.4. The number of benzene rings is 2.